The third-order valence-electron chi connectivity index (χ3n) is 8.09. The normalized spacial score (nSPS) is 15.4. The van der Waals surface area contributed by atoms with Crippen LogP contribution in [0.4, 0.5) is 17.9 Å². The monoisotopic (exact) mass is 613 g/mol. The van der Waals surface area contributed by atoms with Crippen molar-refractivity contribution in [1.29, 1.82) is 0 Å². The van der Waals surface area contributed by atoms with Crippen LogP contribution in [-0.4, -0.2) is 107 Å². The minimum absolute atomic E-state index is 0.0562. The summed E-state index contributed by atoms with van der Waals surface area (Å²) in [5.41, 5.74) is 3.43. The molecule has 4 heterocycles. The molecule has 0 aliphatic carbocycles. The summed E-state index contributed by atoms with van der Waals surface area (Å²) < 4.78 is 10.8. The summed E-state index contributed by atoms with van der Waals surface area (Å²) in [5, 5.41) is 3.20. The molecule has 6 rings (SSSR count). The van der Waals surface area contributed by atoms with Gasteiger partial charge in [0.1, 0.15) is 5.52 Å². The Morgan fingerprint density at radius 3 is 1.89 bits per heavy atom. The standard InChI is InChI=1S/C31H35N9O5/c1-20(41)37-10-14-39(15-11-37)29-34-27(35-30(36-29)40-16-12-38(13-17-40)21(2)42)24-8-9-25-26(18-24)45-31(33-25)32-19-22-4-6-23(7-5-22)28(43)44-3/h4-9,18H,10-17,19H2,1-3H3,(H,32,33). The zero-order chi connectivity index (χ0) is 31.5. The van der Waals surface area contributed by atoms with Crippen LogP contribution in [0.5, 0.6) is 0 Å². The Labute approximate surface area is 260 Å². The quantitative estimate of drug-likeness (QED) is 0.305. The van der Waals surface area contributed by atoms with Crippen molar-refractivity contribution in [3.8, 4) is 11.4 Å². The SMILES string of the molecule is COC(=O)c1ccc(CNc2nc3ccc(-c4nc(N5CCN(C(C)=O)CC5)nc(N5CCN(C(C)=O)CC5)n4)cc3o2)cc1. The largest absolute Gasteiger partial charge is 0.465 e. The molecule has 0 saturated carbocycles. The Balaban J connectivity index is 1.24. The van der Waals surface area contributed by atoms with Gasteiger partial charge in [-0.2, -0.15) is 19.9 Å². The van der Waals surface area contributed by atoms with E-state index in [4.69, 9.17) is 24.1 Å². The van der Waals surface area contributed by atoms with E-state index in [0.29, 0.717) is 99.3 Å². The lowest BCUT2D eigenvalue weighted by atomic mass is 10.1. The van der Waals surface area contributed by atoms with Crippen molar-refractivity contribution in [2.75, 3.05) is 74.6 Å². The van der Waals surface area contributed by atoms with Gasteiger partial charge in [-0.05, 0) is 35.9 Å². The molecule has 2 aromatic carbocycles. The minimum atomic E-state index is -0.382. The van der Waals surface area contributed by atoms with Gasteiger partial charge in [0.25, 0.3) is 6.01 Å². The summed E-state index contributed by atoms with van der Waals surface area (Å²) in [4.78, 5) is 62.3. The maximum absolute atomic E-state index is 11.9. The summed E-state index contributed by atoms with van der Waals surface area (Å²) in [5.74, 6) is 1.32. The number of anilines is 3. The molecule has 0 spiro atoms. The zero-order valence-corrected chi connectivity index (χ0v) is 25.5. The molecular weight excluding hydrogens is 578 g/mol. The van der Waals surface area contributed by atoms with E-state index < -0.39 is 0 Å². The minimum Gasteiger partial charge on any atom is -0.465 e. The molecule has 45 heavy (non-hydrogen) atoms. The summed E-state index contributed by atoms with van der Waals surface area (Å²) in [6.45, 7) is 8.45. The molecule has 2 aliphatic heterocycles. The fraction of sp³-hybridized carbons (Fsp3) is 0.387. The van der Waals surface area contributed by atoms with E-state index in [1.54, 1.807) is 26.0 Å². The van der Waals surface area contributed by atoms with E-state index >= 15 is 0 Å². The molecule has 2 aliphatic rings. The van der Waals surface area contributed by atoms with Crippen LogP contribution in [0.2, 0.25) is 0 Å². The third kappa shape index (κ3) is 6.64. The first-order valence-corrected chi connectivity index (χ1v) is 14.9. The van der Waals surface area contributed by atoms with Crippen LogP contribution in [0, 0.1) is 0 Å². The number of aromatic nitrogens is 4. The van der Waals surface area contributed by atoms with E-state index in [1.165, 1.54) is 7.11 Å². The zero-order valence-electron chi connectivity index (χ0n) is 25.5. The Kier molecular flexibility index (Phi) is 8.45. The number of nitrogens with zero attached hydrogens (tertiary/aromatic N) is 8. The molecule has 0 radical (unpaired) electrons. The molecule has 14 heteroatoms. The van der Waals surface area contributed by atoms with Crippen LogP contribution in [-0.2, 0) is 20.9 Å². The fourth-order valence-corrected chi connectivity index (χ4v) is 5.40. The number of amides is 2. The topological polar surface area (TPSA) is 150 Å². The summed E-state index contributed by atoms with van der Waals surface area (Å²) >= 11 is 0. The van der Waals surface area contributed by atoms with Crippen LogP contribution in [0.15, 0.2) is 46.9 Å². The highest BCUT2D eigenvalue weighted by Gasteiger charge is 2.26. The van der Waals surface area contributed by atoms with Gasteiger partial charge in [0.15, 0.2) is 11.4 Å². The Bertz CT molecular complexity index is 1660. The number of benzene rings is 2. The Morgan fingerprint density at radius 2 is 1.36 bits per heavy atom. The number of fused-ring (bicyclic) bond motifs is 1. The van der Waals surface area contributed by atoms with Gasteiger partial charge in [0.05, 0.1) is 12.7 Å². The van der Waals surface area contributed by atoms with Crippen molar-refractivity contribution < 1.29 is 23.5 Å². The number of methoxy groups -OCH3 is 1. The van der Waals surface area contributed by atoms with Gasteiger partial charge in [0, 0.05) is 78.3 Å². The van der Waals surface area contributed by atoms with Crippen molar-refractivity contribution in [1.82, 2.24) is 29.7 Å². The lowest BCUT2D eigenvalue weighted by Crippen LogP contribution is -2.50. The van der Waals surface area contributed by atoms with Gasteiger partial charge in [-0.3, -0.25) is 9.59 Å². The van der Waals surface area contributed by atoms with Gasteiger partial charge < -0.3 is 34.1 Å². The molecule has 0 unspecified atom stereocenters. The van der Waals surface area contributed by atoms with Crippen LogP contribution in [0.1, 0.15) is 29.8 Å². The molecule has 2 fully saturated rings. The predicted octanol–water partition coefficient (Wildman–Crippen LogP) is 2.42. The van der Waals surface area contributed by atoms with Crippen molar-refractivity contribution in [3.63, 3.8) is 0 Å². The van der Waals surface area contributed by atoms with Gasteiger partial charge in [0.2, 0.25) is 23.7 Å². The third-order valence-corrected chi connectivity index (χ3v) is 8.09. The molecule has 2 saturated heterocycles. The Morgan fingerprint density at radius 1 is 0.778 bits per heavy atom. The number of hydrogen-bond donors (Lipinski definition) is 1. The molecule has 2 aromatic heterocycles. The number of esters is 1. The van der Waals surface area contributed by atoms with Crippen molar-refractivity contribution in [3.05, 3.63) is 53.6 Å². The second-order valence-electron chi connectivity index (χ2n) is 11.0. The van der Waals surface area contributed by atoms with Crippen LogP contribution in [0.25, 0.3) is 22.5 Å². The van der Waals surface area contributed by atoms with Gasteiger partial charge >= 0.3 is 5.97 Å². The van der Waals surface area contributed by atoms with Crippen LogP contribution < -0.4 is 15.1 Å². The predicted molar refractivity (Wildman–Crippen MR) is 167 cm³/mol. The maximum Gasteiger partial charge on any atom is 0.337 e. The number of carbonyl (C=O) groups is 3. The average Bonchev–Trinajstić information content (AvgIpc) is 3.49. The summed E-state index contributed by atoms with van der Waals surface area (Å²) in [7, 11) is 1.35. The van der Waals surface area contributed by atoms with E-state index in [0.717, 1.165) is 11.1 Å². The van der Waals surface area contributed by atoms with E-state index in [2.05, 4.69) is 20.1 Å². The number of piperazine rings is 2. The van der Waals surface area contributed by atoms with Crippen LogP contribution >= 0.6 is 0 Å². The molecule has 14 nitrogen and oxygen atoms in total. The van der Waals surface area contributed by atoms with Gasteiger partial charge in [-0.15, -0.1) is 0 Å². The molecule has 0 atom stereocenters. The Hall–Kier alpha value is -5.27. The van der Waals surface area contributed by atoms with Crippen molar-refractivity contribution in [2.45, 2.75) is 20.4 Å². The highest BCUT2D eigenvalue weighted by atomic mass is 16.5. The average molecular weight is 614 g/mol. The lowest BCUT2D eigenvalue weighted by molar-refractivity contribution is -0.129. The number of oxazole rings is 1. The first-order valence-electron chi connectivity index (χ1n) is 14.9. The first-order chi connectivity index (χ1) is 21.8. The second kappa shape index (κ2) is 12.8. The van der Waals surface area contributed by atoms with E-state index in [-0.39, 0.29) is 17.8 Å². The first kappa shape index (κ1) is 29.8. The molecule has 2 amide bonds. The number of ether oxygens (including phenoxy) is 1. The second-order valence-corrected chi connectivity index (χ2v) is 11.0. The number of nitrogens with one attached hydrogen (secondary N) is 1. The molecule has 234 valence electrons. The molecule has 1 N–H and O–H groups in total. The molecular formula is C31H35N9O5. The van der Waals surface area contributed by atoms with Crippen molar-refractivity contribution in [2.24, 2.45) is 0 Å². The maximum atomic E-state index is 11.9. The smallest absolute Gasteiger partial charge is 0.337 e. The number of carbonyl (C=O) groups excluding carboxylic acids is 3. The lowest BCUT2D eigenvalue weighted by Gasteiger charge is -2.36. The summed E-state index contributed by atoms with van der Waals surface area (Å²) in [6, 6.07) is 13.1. The highest BCUT2D eigenvalue weighted by Crippen LogP contribution is 2.28. The number of rotatable bonds is 7. The van der Waals surface area contributed by atoms with E-state index in [9.17, 15) is 14.4 Å². The molecule has 4 aromatic rings. The fourth-order valence-electron chi connectivity index (χ4n) is 5.40. The van der Waals surface area contributed by atoms with Crippen molar-refractivity contribution >= 4 is 46.8 Å². The number of hydrogen-bond acceptors (Lipinski definition) is 12. The summed E-state index contributed by atoms with van der Waals surface area (Å²) in [6.07, 6.45) is 0. The highest BCUT2D eigenvalue weighted by molar-refractivity contribution is 5.89. The van der Waals surface area contributed by atoms with E-state index in [1.807, 2.05) is 40.1 Å². The molecule has 0 bridgehead atoms. The van der Waals surface area contributed by atoms with Crippen LogP contribution in [0.3, 0.4) is 0 Å². The van der Waals surface area contributed by atoms with Gasteiger partial charge in [-0.25, -0.2) is 4.79 Å². The van der Waals surface area contributed by atoms with Gasteiger partial charge in [-0.1, -0.05) is 12.1 Å².